The molecule has 0 unspecified atom stereocenters. The fourth-order valence-corrected chi connectivity index (χ4v) is 7.22. The normalized spacial score (nSPS) is 29.7. The van der Waals surface area contributed by atoms with Gasteiger partial charge in [0.25, 0.3) is 0 Å². The van der Waals surface area contributed by atoms with E-state index in [4.69, 9.17) is 9.47 Å². The Hall–Kier alpha value is -2.45. The summed E-state index contributed by atoms with van der Waals surface area (Å²) in [6, 6.07) is 10.3. The lowest BCUT2D eigenvalue weighted by Crippen LogP contribution is -2.69. The monoisotopic (exact) mass is 489 g/mol. The largest absolute Gasteiger partial charge is 0.493 e. The van der Waals surface area contributed by atoms with Crippen LogP contribution in [0.3, 0.4) is 0 Å². The molecule has 2 aromatic carbocycles. The molecular formula is C26H29F2NO4S. The third-order valence-corrected chi connectivity index (χ3v) is 10.5. The van der Waals surface area contributed by atoms with Gasteiger partial charge < -0.3 is 14.8 Å². The van der Waals surface area contributed by atoms with E-state index in [1.807, 2.05) is 0 Å². The highest BCUT2D eigenvalue weighted by Crippen LogP contribution is 2.50. The first kappa shape index (κ1) is 23.3. The smallest absolute Gasteiger partial charge is 0.166 e. The van der Waals surface area contributed by atoms with Crippen LogP contribution < -0.4 is 10.1 Å². The van der Waals surface area contributed by atoms with Crippen molar-refractivity contribution in [2.75, 3.05) is 13.2 Å². The van der Waals surface area contributed by atoms with E-state index in [2.05, 4.69) is 11.9 Å². The minimum atomic E-state index is -3.84. The van der Waals surface area contributed by atoms with Crippen LogP contribution in [0.5, 0.6) is 5.75 Å². The highest BCUT2D eigenvalue weighted by atomic mass is 32.2. The molecule has 3 fully saturated rings. The summed E-state index contributed by atoms with van der Waals surface area (Å²) in [6.45, 7) is 7.65. The van der Waals surface area contributed by atoms with Gasteiger partial charge in [0.2, 0.25) is 0 Å². The Kier molecular flexibility index (Phi) is 5.52. The summed E-state index contributed by atoms with van der Waals surface area (Å²) in [7, 11) is -3.84. The highest BCUT2D eigenvalue weighted by Gasteiger charge is 2.62. The second-order valence-electron chi connectivity index (χ2n) is 10.1. The van der Waals surface area contributed by atoms with Crippen molar-refractivity contribution in [3.8, 4) is 5.75 Å². The van der Waals surface area contributed by atoms with Crippen LogP contribution in [0.15, 0.2) is 54.7 Å². The summed E-state index contributed by atoms with van der Waals surface area (Å²) < 4.78 is 67.4. The predicted octanol–water partition coefficient (Wildman–Crippen LogP) is 4.79. The maximum absolute atomic E-state index is 15.3. The third-order valence-electron chi connectivity index (χ3n) is 7.52. The fourth-order valence-electron chi connectivity index (χ4n) is 4.91. The van der Waals surface area contributed by atoms with Crippen molar-refractivity contribution >= 4 is 9.84 Å². The molecule has 2 saturated heterocycles. The van der Waals surface area contributed by atoms with Crippen LogP contribution in [0.4, 0.5) is 8.78 Å². The number of nitrogens with one attached hydrogen (secondary N) is 1. The van der Waals surface area contributed by atoms with E-state index in [9.17, 15) is 12.8 Å². The van der Waals surface area contributed by atoms with Gasteiger partial charge >= 0.3 is 0 Å². The summed E-state index contributed by atoms with van der Waals surface area (Å²) in [6.07, 6.45) is 1.75. The zero-order chi connectivity index (χ0) is 24.3. The van der Waals surface area contributed by atoms with Crippen LogP contribution in [-0.4, -0.2) is 31.6 Å². The quantitative estimate of drug-likeness (QED) is 0.654. The van der Waals surface area contributed by atoms with Gasteiger partial charge in [0.1, 0.15) is 27.7 Å². The van der Waals surface area contributed by atoms with Crippen LogP contribution in [0, 0.1) is 17.6 Å². The molecule has 1 saturated carbocycles. The predicted molar refractivity (Wildman–Crippen MR) is 125 cm³/mol. The Balaban J connectivity index is 1.58. The molecule has 3 atom stereocenters. The molecule has 2 aromatic rings. The van der Waals surface area contributed by atoms with Gasteiger partial charge in [-0.1, -0.05) is 18.7 Å². The third kappa shape index (κ3) is 3.71. The Labute approximate surface area is 199 Å². The van der Waals surface area contributed by atoms with Gasteiger partial charge in [-0.3, -0.25) is 0 Å². The van der Waals surface area contributed by atoms with E-state index >= 15 is 4.39 Å². The van der Waals surface area contributed by atoms with Crippen molar-refractivity contribution < 1.29 is 26.7 Å². The van der Waals surface area contributed by atoms with Gasteiger partial charge in [-0.15, -0.1) is 0 Å². The van der Waals surface area contributed by atoms with Crippen LogP contribution >= 0.6 is 0 Å². The van der Waals surface area contributed by atoms with E-state index in [0.717, 1.165) is 12.8 Å². The minimum Gasteiger partial charge on any atom is -0.493 e. The molecule has 0 aromatic heterocycles. The van der Waals surface area contributed by atoms with Crippen molar-refractivity contribution in [3.05, 3.63) is 77.5 Å². The van der Waals surface area contributed by atoms with Gasteiger partial charge in [-0.05, 0) is 74.9 Å². The first-order valence-electron chi connectivity index (χ1n) is 11.6. The lowest BCUT2D eigenvalue weighted by Gasteiger charge is -2.54. The number of halogens is 2. The zero-order valence-corrected chi connectivity index (χ0v) is 20.1. The average Bonchev–Trinajstić information content (AvgIpc) is 3.63. The molecular weight excluding hydrogens is 460 g/mol. The van der Waals surface area contributed by atoms with Gasteiger partial charge in [-0.25, -0.2) is 17.2 Å². The first-order valence-corrected chi connectivity index (χ1v) is 13.1. The minimum absolute atomic E-state index is 0.0876. The van der Waals surface area contributed by atoms with Crippen molar-refractivity contribution in [1.82, 2.24) is 5.32 Å². The van der Waals surface area contributed by atoms with Crippen LogP contribution in [0.2, 0.25) is 0 Å². The molecule has 1 aliphatic carbocycles. The van der Waals surface area contributed by atoms with Gasteiger partial charge in [0.15, 0.2) is 9.84 Å². The molecule has 34 heavy (non-hydrogen) atoms. The number of rotatable bonds is 5. The fraction of sp³-hybridized carbons (Fsp3) is 0.462. The number of hydrogen-bond donors (Lipinski definition) is 1. The number of sulfone groups is 1. The highest BCUT2D eigenvalue weighted by molar-refractivity contribution is 7.93. The summed E-state index contributed by atoms with van der Waals surface area (Å²) in [5, 5.41) is 2.26. The number of fused-ring (bicyclic) bond motifs is 1. The van der Waals surface area contributed by atoms with Crippen molar-refractivity contribution in [2.24, 2.45) is 5.92 Å². The van der Waals surface area contributed by atoms with Gasteiger partial charge in [-0.2, -0.15) is 0 Å². The number of ether oxygens (including phenoxy) is 2. The molecule has 8 heteroatoms. The van der Waals surface area contributed by atoms with Gasteiger partial charge in [0.05, 0.1) is 24.6 Å². The Morgan fingerprint density at radius 3 is 2.53 bits per heavy atom. The Morgan fingerprint density at radius 1 is 1.15 bits per heavy atom. The lowest BCUT2D eigenvalue weighted by molar-refractivity contribution is -0.0424. The second kappa shape index (κ2) is 8.05. The number of hydrogen-bond acceptors (Lipinski definition) is 5. The molecule has 0 amide bonds. The standard InChI is InChI=1S/C26H29F2NO4S/c1-16-25(2,3)34(30,31)24-13-23(18-6-8-19(27)9-7-18)33-15-26(24,29-16)21-12-20(10-11-22(21)28)32-14-17-4-5-17/h6-12,17,23-24,29H,1,4-5,13-15H2,2-3H3/t23-,24-,26-/m1/s1. The molecule has 5 nitrogen and oxygen atoms in total. The average molecular weight is 490 g/mol. The topological polar surface area (TPSA) is 64.6 Å². The SMILES string of the molecule is C=C1N[C@@]2(c3cc(OCC4CC4)ccc3F)CO[C@@H](c3ccc(F)cc3)C[C@H]2S(=O)(=O)C1(C)C. The van der Waals surface area contributed by atoms with Crippen LogP contribution in [0.1, 0.15) is 50.3 Å². The molecule has 0 spiro atoms. The van der Waals surface area contributed by atoms with E-state index in [-0.39, 0.29) is 30.1 Å². The molecule has 5 rings (SSSR count). The van der Waals surface area contributed by atoms with E-state index in [1.165, 1.54) is 18.2 Å². The van der Waals surface area contributed by atoms with Gasteiger partial charge in [0, 0.05) is 11.3 Å². The summed E-state index contributed by atoms with van der Waals surface area (Å²) in [5.41, 5.74) is -0.223. The molecule has 0 radical (unpaired) electrons. The van der Waals surface area contributed by atoms with E-state index < -0.39 is 37.3 Å². The summed E-state index contributed by atoms with van der Waals surface area (Å²) in [5.74, 6) is 0.0839. The second-order valence-corrected chi connectivity index (χ2v) is 12.8. The van der Waals surface area contributed by atoms with Crippen molar-refractivity contribution in [2.45, 2.75) is 54.7 Å². The Morgan fingerprint density at radius 2 is 1.85 bits per heavy atom. The van der Waals surface area contributed by atoms with Crippen molar-refractivity contribution in [1.29, 1.82) is 0 Å². The molecule has 2 heterocycles. The van der Waals surface area contributed by atoms with E-state index in [1.54, 1.807) is 38.1 Å². The molecule has 182 valence electrons. The molecule has 0 bridgehead atoms. The van der Waals surface area contributed by atoms with Crippen molar-refractivity contribution in [3.63, 3.8) is 0 Å². The number of benzene rings is 2. The lowest BCUT2D eigenvalue weighted by atomic mass is 9.80. The zero-order valence-electron chi connectivity index (χ0n) is 19.3. The first-order chi connectivity index (χ1) is 16.0. The maximum Gasteiger partial charge on any atom is 0.166 e. The summed E-state index contributed by atoms with van der Waals surface area (Å²) >= 11 is 0. The summed E-state index contributed by atoms with van der Waals surface area (Å²) in [4.78, 5) is 0. The molecule has 1 N–H and O–H groups in total. The Bertz CT molecular complexity index is 1220. The molecule has 2 aliphatic heterocycles. The van der Waals surface area contributed by atoms with E-state index in [0.29, 0.717) is 23.8 Å². The van der Waals surface area contributed by atoms with Crippen LogP contribution in [0.25, 0.3) is 0 Å². The van der Waals surface area contributed by atoms with Crippen LogP contribution in [-0.2, 0) is 20.1 Å². The molecule has 3 aliphatic rings. The maximum atomic E-state index is 15.3.